The lowest BCUT2D eigenvalue weighted by atomic mass is 9.88. The summed E-state index contributed by atoms with van der Waals surface area (Å²) in [4.78, 5) is 0. The zero-order valence-electron chi connectivity index (χ0n) is 12.5. The highest BCUT2D eigenvalue weighted by Crippen LogP contribution is 2.41. The summed E-state index contributed by atoms with van der Waals surface area (Å²) in [5, 5.41) is 0. The molecule has 0 amide bonds. The molecule has 2 aliphatic rings. The Morgan fingerprint density at radius 3 is 2.11 bits per heavy atom. The minimum absolute atomic E-state index is 0.557. The van der Waals surface area contributed by atoms with Crippen LogP contribution in [-0.4, -0.2) is 40.8 Å². The molecule has 2 fully saturated rings. The highest BCUT2D eigenvalue weighted by molar-refractivity contribution is 6.60. The van der Waals surface area contributed by atoms with Crippen molar-refractivity contribution in [2.45, 2.75) is 64.7 Å². The molecule has 2 rings (SSSR count). The molecule has 1 saturated heterocycles. The Hall–Kier alpha value is 0.0569. The second-order valence-corrected chi connectivity index (χ2v) is 8.14. The molecular weight excluding hydrogens is 260 g/mol. The lowest BCUT2D eigenvalue weighted by Gasteiger charge is -2.30. The van der Waals surface area contributed by atoms with Crippen LogP contribution in [0.1, 0.15) is 46.5 Å². The molecule has 0 radical (unpaired) electrons. The Balaban J connectivity index is 1.82. The lowest BCUT2D eigenvalue weighted by molar-refractivity contribution is 0.0691. The van der Waals surface area contributed by atoms with Crippen molar-refractivity contribution in [3.8, 4) is 0 Å². The van der Waals surface area contributed by atoms with E-state index in [1.54, 1.807) is 0 Å². The van der Waals surface area contributed by atoms with Crippen molar-refractivity contribution < 1.29 is 18.0 Å². The monoisotopic (exact) mass is 288 g/mol. The maximum Gasteiger partial charge on any atom is 0.500 e. The number of ether oxygens (including phenoxy) is 1. The summed E-state index contributed by atoms with van der Waals surface area (Å²) >= 11 is 0. The summed E-state index contributed by atoms with van der Waals surface area (Å²) in [6.07, 6.45) is 6.04. The van der Waals surface area contributed by atoms with Crippen LogP contribution in [0.2, 0.25) is 6.04 Å². The number of hydrogen-bond donors (Lipinski definition) is 0. The SMILES string of the molecule is CCO[Si](CC[C@@H]1CC[C@@H]2O[C@@H]2C1)(OCC)OCC. The molecule has 0 spiro atoms. The standard InChI is InChI=1S/C14H28O4Si/c1-4-15-19(16-5-2,17-6-3)10-9-12-7-8-13-14(11-12)18-13/h12-14H,4-11H2,1-3H3/t12-,13-,14+/m0/s1. The Kier molecular flexibility index (Phi) is 5.83. The first-order valence-corrected chi connectivity index (χ1v) is 9.73. The Morgan fingerprint density at radius 1 is 0.947 bits per heavy atom. The van der Waals surface area contributed by atoms with Crippen molar-refractivity contribution in [3.05, 3.63) is 0 Å². The molecule has 1 saturated carbocycles. The molecule has 1 aliphatic heterocycles. The third-order valence-corrected chi connectivity index (χ3v) is 7.15. The van der Waals surface area contributed by atoms with Gasteiger partial charge in [0.15, 0.2) is 0 Å². The van der Waals surface area contributed by atoms with Crippen molar-refractivity contribution in [1.82, 2.24) is 0 Å². The fraction of sp³-hybridized carbons (Fsp3) is 1.00. The zero-order valence-corrected chi connectivity index (χ0v) is 13.5. The molecule has 0 bridgehead atoms. The van der Waals surface area contributed by atoms with Gasteiger partial charge in [-0.15, -0.1) is 0 Å². The molecule has 19 heavy (non-hydrogen) atoms. The first-order chi connectivity index (χ1) is 9.23. The molecule has 4 nitrogen and oxygen atoms in total. The highest BCUT2D eigenvalue weighted by Gasteiger charge is 2.46. The van der Waals surface area contributed by atoms with Gasteiger partial charge >= 0.3 is 8.80 Å². The van der Waals surface area contributed by atoms with E-state index in [2.05, 4.69) is 0 Å². The predicted octanol–water partition coefficient (Wildman–Crippen LogP) is 2.99. The van der Waals surface area contributed by atoms with Gasteiger partial charge in [-0.1, -0.05) is 0 Å². The summed E-state index contributed by atoms with van der Waals surface area (Å²) in [5.41, 5.74) is 0. The van der Waals surface area contributed by atoms with Crippen LogP contribution in [-0.2, 0) is 18.0 Å². The van der Waals surface area contributed by atoms with E-state index in [4.69, 9.17) is 18.0 Å². The summed E-state index contributed by atoms with van der Waals surface area (Å²) < 4.78 is 23.3. The molecule has 0 aromatic heterocycles. The maximum atomic E-state index is 5.90. The Labute approximate surface area is 118 Å². The topological polar surface area (TPSA) is 40.2 Å². The van der Waals surface area contributed by atoms with Gasteiger partial charge in [-0.05, 0) is 52.4 Å². The van der Waals surface area contributed by atoms with E-state index in [9.17, 15) is 0 Å². The van der Waals surface area contributed by atoms with Gasteiger partial charge < -0.3 is 18.0 Å². The van der Waals surface area contributed by atoms with E-state index in [1.807, 2.05) is 20.8 Å². The molecule has 1 heterocycles. The van der Waals surface area contributed by atoms with Crippen molar-refractivity contribution in [3.63, 3.8) is 0 Å². The van der Waals surface area contributed by atoms with Gasteiger partial charge in [0, 0.05) is 25.9 Å². The van der Waals surface area contributed by atoms with Crippen LogP contribution in [0.5, 0.6) is 0 Å². The van der Waals surface area contributed by atoms with Crippen molar-refractivity contribution in [2.24, 2.45) is 5.92 Å². The van der Waals surface area contributed by atoms with E-state index in [1.165, 1.54) is 19.3 Å². The van der Waals surface area contributed by atoms with Crippen molar-refractivity contribution >= 4 is 8.80 Å². The molecule has 0 aromatic carbocycles. The maximum absolute atomic E-state index is 5.90. The summed E-state index contributed by atoms with van der Waals surface area (Å²) in [6, 6.07) is 0.949. The fourth-order valence-corrected chi connectivity index (χ4v) is 5.90. The quantitative estimate of drug-likeness (QED) is 0.483. The van der Waals surface area contributed by atoms with Gasteiger partial charge in [0.05, 0.1) is 12.2 Å². The third kappa shape index (κ3) is 4.26. The van der Waals surface area contributed by atoms with Crippen LogP contribution >= 0.6 is 0 Å². The van der Waals surface area contributed by atoms with E-state index in [-0.39, 0.29) is 0 Å². The average Bonchev–Trinajstić information content (AvgIpc) is 3.16. The molecule has 0 N–H and O–H groups in total. The van der Waals surface area contributed by atoms with Gasteiger partial charge in [-0.2, -0.15) is 0 Å². The molecule has 0 aromatic rings. The summed E-state index contributed by atoms with van der Waals surface area (Å²) in [6.45, 7) is 8.06. The van der Waals surface area contributed by atoms with Crippen LogP contribution in [0.4, 0.5) is 0 Å². The van der Waals surface area contributed by atoms with Crippen LogP contribution in [0.15, 0.2) is 0 Å². The molecule has 1 aliphatic carbocycles. The minimum Gasteiger partial charge on any atom is -0.374 e. The molecule has 3 atom stereocenters. The van der Waals surface area contributed by atoms with E-state index in [0.717, 1.165) is 18.4 Å². The minimum atomic E-state index is -2.43. The molecule has 0 unspecified atom stereocenters. The van der Waals surface area contributed by atoms with Gasteiger partial charge in [0.25, 0.3) is 0 Å². The molecular formula is C14H28O4Si. The van der Waals surface area contributed by atoms with Crippen LogP contribution < -0.4 is 0 Å². The van der Waals surface area contributed by atoms with Crippen molar-refractivity contribution in [2.75, 3.05) is 19.8 Å². The highest BCUT2D eigenvalue weighted by atomic mass is 28.4. The second-order valence-electron chi connectivity index (χ2n) is 5.41. The van der Waals surface area contributed by atoms with Crippen molar-refractivity contribution in [1.29, 1.82) is 0 Å². The van der Waals surface area contributed by atoms with Crippen LogP contribution in [0, 0.1) is 5.92 Å². The van der Waals surface area contributed by atoms with Gasteiger partial charge in [0.1, 0.15) is 0 Å². The van der Waals surface area contributed by atoms with Gasteiger partial charge in [-0.3, -0.25) is 0 Å². The molecule has 112 valence electrons. The fourth-order valence-electron chi connectivity index (χ4n) is 3.13. The average molecular weight is 288 g/mol. The number of epoxide rings is 1. The second kappa shape index (κ2) is 7.18. The van der Waals surface area contributed by atoms with Crippen LogP contribution in [0.3, 0.4) is 0 Å². The molecule has 5 heteroatoms. The normalized spacial score (nSPS) is 30.2. The van der Waals surface area contributed by atoms with Gasteiger partial charge in [0.2, 0.25) is 0 Å². The first kappa shape index (κ1) is 15.4. The largest absolute Gasteiger partial charge is 0.500 e. The first-order valence-electron chi connectivity index (χ1n) is 7.80. The predicted molar refractivity (Wildman–Crippen MR) is 76.1 cm³/mol. The Morgan fingerprint density at radius 2 is 1.58 bits per heavy atom. The smallest absolute Gasteiger partial charge is 0.374 e. The summed E-state index contributed by atoms with van der Waals surface area (Å²) in [7, 11) is -2.43. The number of hydrogen-bond acceptors (Lipinski definition) is 4. The Bertz CT molecular complexity index is 257. The lowest BCUT2D eigenvalue weighted by Crippen LogP contribution is -2.46. The third-order valence-electron chi connectivity index (χ3n) is 4.06. The number of fused-ring (bicyclic) bond motifs is 1. The number of rotatable bonds is 9. The van der Waals surface area contributed by atoms with Gasteiger partial charge in [-0.25, -0.2) is 0 Å². The zero-order chi connectivity index (χ0) is 13.7. The van der Waals surface area contributed by atoms with E-state index >= 15 is 0 Å². The van der Waals surface area contributed by atoms with E-state index < -0.39 is 8.80 Å². The van der Waals surface area contributed by atoms with E-state index in [0.29, 0.717) is 32.0 Å². The van der Waals surface area contributed by atoms with Crippen LogP contribution in [0.25, 0.3) is 0 Å². The summed E-state index contributed by atoms with van der Waals surface area (Å²) in [5.74, 6) is 0.761.